The molecule has 158 valence electrons. The van der Waals surface area contributed by atoms with Crippen molar-refractivity contribution in [2.24, 2.45) is 5.92 Å². The molecule has 2 rings (SSSR count). The maximum absolute atomic E-state index is 12.6. The standard InChI is InChI=1S/C21H33ClN2O4/c1-5-8-28-20-18(22)10-16(11-19(20)26-6-2)21(25)23-12-17-14-24(7-9-27-17)13-15(3)4/h10-11,15,17H,5-9,12-14H2,1-4H3,(H,23,25). The maximum atomic E-state index is 12.6. The van der Waals surface area contributed by atoms with Crippen molar-refractivity contribution >= 4 is 17.5 Å². The van der Waals surface area contributed by atoms with Crippen molar-refractivity contribution in [3.05, 3.63) is 22.7 Å². The fourth-order valence-corrected chi connectivity index (χ4v) is 3.47. The van der Waals surface area contributed by atoms with E-state index in [0.717, 1.165) is 26.1 Å². The van der Waals surface area contributed by atoms with Gasteiger partial charge in [-0.1, -0.05) is 32.4 Å². The van der Waals surface area contributed by atoms with Crippen LogP contribution in [0, 0.1) is 5.92 Å². The summed E-state index contributed by atoms with van der Waals surface area (Å²) in [6.07, 6.45) is 0.852. The molecule has 0 spiro atoms. The highest BCUT2D eigenvalue weighted by Gasteiger charge is 2.22. The summed E-state index contributed by atoms with van der Waals surface area (Å²) in [7, 11) is 0. The molecule has 7 heteroatoms. The largest absolute Gasteiger partial charge is 0.490 e. The maximum Gasteiger partial charge on any atom is 0.251 e. The molecule has 1 aromatic rings. The zero-order chi connectivity index (χ0) is 20.5. The Bertz CT molecular complexity index is 639. The van der Waals surface area contributed by atoms with Crippen molar-refractivity contribution < 1.29 is 19.0 Å². The molecule has 1 N–H and O–H groups in total. The minimum absolute atomic E-state index is 0.00885. The molecule has 0 aliphatic carbocycles. The van der Waals surface area contributed by atoms with E-state index in [0.29, 0.717) is 54.4 Å². The Morgan fingerprint density at radius 3 is 2.82 bits per heavy atom. The second-order valence-electron chi connectivity index (χ2n) is 7.42. The van der Waals surface area contributed by atoms with Gasteiger partial charge < -0.3 is 19.5 Å². The molecule has 0 bridgehead atoms. The highest BCUT2D eigenvalue weighted by atomic mass is 35.5. The third-order valence-corrected chi connectivity index (χ3v) is 4.64. The first-order valence-electron chi connectivity index (χ1n) is 10.2. The van der Waals surface area contributed by atoms with E-state index in [4.69, 9.17) is 25.8 Å². The van der Waals surface area contributed by atoms with Crippen LogP contribution in [-0.4, -0.2) is 62.9 Å². The first-order chi connectivity index (χ1) is 13.4. The Morgan fingerprint density at radius 1 is 1.36 bits per heavy atom. The van der Waals surface area contributed by atoms with E-state index in [2.05, 4.69) is 24.1 Å². The minimum Gasteiger partial charge on any atom is -0.490 e. The van der Waals surface area contributed by atoms with Crippen LogP contribution in [0.25, 0.3) is 0 Å². The van der Waals surface area contributed by atoms with E-state index in [1.54, 1.807) is 12.1 Å². The lowest BCUT2D eigenvalue weighted by Gasteiger charge is -2.34. The van der Waals surface area contributed by atoms with Crippen LogP contribution in [0.3, 0.4) is 0 Å². The summed E-state index contributed by atoms with van der Waals surface area (Å²) < 4.78 is 17.1. The van der Waals surface area contributed by atoms with Gasteiger partial charge in [0.25, 0.3) is 5.91 Å². The molecule has 0 aromatic heterocycles. The number of hydrogen-bond donors (Lipinski definition) is 1. The predicted octanol–water partition coefficient (Wildman–Crippen LogP) is 3.61. The fraction of sp³-hybridized carbons (Fsp3) is 0.667. The van der Waals surface area contributed by atoms with Crippen molar-refractivity contribution in [3.63, 3.8) is 0 Å². The van der Waals surface area contributed by atoms with Crippen LogP contribution < -0.4 is 14.8 Å². The van der Waals surface area contributed by atoms with E-state index in [9.17, 15) is 4.79 Å². The van der Waals surface area contributed by atoms with Crippen LogP contribution in [0.5, 0.6) is 11.5 Å². The molecule has 1 aliphatic heterocycles. The topological polar surface area (TPSA) is 60.0 Å². The van der Waals surface area contributed by atoms with E-state index in [1.807, 2.05) is 13.8 Å². The summed E-state index contributed by atoms with van der Waals surface area (Å²) in [4.78, 5) is 15.0. The van der Waals surface area contributed by atoms with Crippen LogP contribution in [-0.2, 0) is 4.74 Å². The quantitative estimate of drug-likeness (QED) is 0.636. The summed E-state index contributed by atoms with van der Waals surface area (Å²) in [5.74, 6) is 1.39. The summed E-state index contributed by atoms with van der Waals surface area (Å²) in [6, 6.07) is 3.31. The smallest absolute Gasteiger partial charge is 0.251 e. The number of morpholine rings is 1. The zero-order valence-electron chi connectivity index (χ0n) is 17.4. The van der Waals surface area contributed by atoms with Crippen LogP contribution >= 0.6 is 11.6 Å². The molecule has 28 heavy (non-hydrogen) atoms. The Hall–Kier alpha value is -1.50. The number of amides is 1. The van der Waals surface area contributed by atoms with Gasteiger partial charge in [-0.15, -0.1) is 0 Å². The molecule has 0 saturated carbocycles. The van der Waals surface area contributed by atoms with Gasteiger partial charge in [0.15, 0.2) is 11.5 Å². The SMILES string of the molecule is CCCOc1c(Cl)cc(C(=O)NCC2CN(CC(C)C)CCO2)cc1OCC. The van der Waals surface area contributed by atoms with Crippen LogP contribution in [0.4, 0.5) is 0 Å². The highest BCUT2D eigenvalue weighted by molar-refractivity contribution is 6.32. The summed E-state index contributed by atoms with van der Waals surface area (Å²) in [5, 5.41) is 3.33. The second kappa shape index (κ2) is 11.5. The van der Waals surface area contributed by atoms with E-state index >= 15 is 0 Å². The molecule has 1 saturated heterocycles. The van der Waals surface area contributed by atoms with Gasteiger partial charge in [-0.3, -0.25) is 9.69 Å². The number of nitrogens with one attached hydrogen (secondary N) is 1. The number of benzene rings is 1. The molecule has 6 nitrogen and oxygen atoms in total. The van der Waals surface area contributed by atoms with Gasteiger partial charge in [0, 0.05) is 31.7 Å². The minimum atomic E-state index is -0.200. The summed E-state index contributed by atoms with van der Waals surface area (Å²) in [5.41, 5.74) is 0.451. The Labute approximate surface area is 173 Å². The molecule has 1 unspecified atom stereocenters. The molecule has 1 heterocycles. The number of rotatable bonds is 10. The van der Waals surface area contributed by atoms with Crippen molar-refractivity contribution in [2.75, 3.05) is 46.0 Å². The molecule has 0 radical (unpaired) electrons. The molecule has 1 atom stereocenters. The number of nitrogens with zero attached hydrogens (tertiary/aromatic N) is 1. The van der Waals surface area contributed by atoms with Crippen molar-refractivity contribution in [2.45, 2.75) is 40.2 Å². The van der Waals surface area contributed by atoms with Crippen LogP contribution in [0.2, 0.25) is 5.02 Å². The lowest BCUT2D eigenvalue weighted by Crippen LogP contribution is -2.48. The third kappa shape index (κ3) is 6.83. The van der Waals surface area contributed by atoms with E-state index in [-0.39, 0.29) is 12.0 Å². The average Bonchev–Trinajstić information content (AvgIpc) is 2.65. The van der Waals surface area contributed by atoms with E-state index < -0.39 is 0 Å². The molecule has 1 fully saturated rings. The Morgan fingerprint density at radius 2 is 2.14 bits per heavy atom. The Kier molecular flexibility index (Phi) is 9.35. The second-order valence-corrected chi connectivity index (χ2v) is 7.83. The van der Waals surface area contributed by atoms with Crippen LogP contribution in [0.1, 0.15) is 44.5 Å². The molecular formula is C21H33ClN2O4. The molecule has 1 aromatic carbocycles. The molecule has 1 amide bonds. The third-order valence-electron chi connectivity index (χ3n) is 4.36. The van der Waals surface area contributed by atoms with Gasteiger partial charge in [-0.05, 0) is 31.4 Å². The van der Waals surface area contributed by atoms with Gasteiger partial charge in [0.1, 0.15) is 0 Å². The van der Waals surface area contributed by atoms with Crippen molar-refractivity contribution in [3.8, 4) is 11.5 Å². The molecule has 1 aliphatic rings. The first kappa shape index (κ1) is 22.8. The number of ether oxygens (including phenoxy) is 3. The van der Waals surface area contributed by atoms with Crippen molar-refractivity contribution in [1.82, 2.24) is 10.2 Å². The lowest BCUT2D eigenvalue weighted by atomic mass is 10.1. The van der Waals surface area contributed by atoms with E-state index in [1.165, 1.54) is 0 Å². The van der Waals surface area contributed by atoms with Crippen molar-refractivity contribution in [1.29, 1.82) is 0 Å². The number of halogens is 1. The number of carbonyl (C=O) groups is 1. The fourth-order valence-electron chi connectivity index (χ4n) is 3.20. The van der Waals surface area contributed by atoms with Gasteiger partial charge in [-0.25, -0.2) is 0 Å². The van der Waals surface area contributed by atoms with Gasteiger partial charge >= 0.3 is 0 Å². The Balaban J connectivity index is 1.99. The van der Waals surface area contributed by atoms with Gasteiger partial charge in [0.2, 0.25) is 0 Å². The zero-order valence-corrected chi connectivity index (χ0v) is 18.2. The first-order valence-corrected chi connectivity index (χ1v) is 10.5. The number of carbonyl (C=O) groups excluding carboxylic acids is 1. The van der Waals surface area contributed by atoms with Gasteiger partial charge in [0.05, 0.1) is 30.9 Å². The summed E-state index contributed by atoms with van der Waals surface area (Å²) >= 11 is 6.35. The highest BCUT2D eigenvalue weighted by Crippen LogP contribution is 2.36. The lowest BCUT2D eigenvalue weighted by molar-refractivity contribution is -0.0295. The number of hydrogen-bond acceptors (Lipinski definition) is 5. The van der Waals surface area contributed by atoms with Crippen LogP contribution in [0.15, 0.2) is 12.1 Å². The normalized spacial score (nSPS) is 17.6. The molecular weight excluding hydrogens is 380 g/mol. The average molecular weight is 413 g/mol. The monoisotopic (exact) mass is 412 g/mol. The van der Waals surface area contributed by atoms with Gasteiger partial charge in [-0.2, -0.15) is 0 Å². The predicted molar refractivity (Wildman–Crippen MR) is 112 cm³/mol. The summed E-state index contributed by atoms with van der Waals surface area (Å²) in [6.45, 7) is 13.3.